The molecular formula is C16H19BrN2. The van der Waals surface area contributed by atoms with Crippen LogP contribution in [0.4, 0.5) is 0 Å². The van der Waals surface area contributed by atoms with E-state index in [9.17, 15) is 0 Å². The molecule has 0 aliphatic rings. The van der Waals surface area contributed by atoms with Crippen LogP contribution in [0.5, 0.6) is 0 Å². The van der Waals surface area contributed by atoms with Crippen molar-refractivity contribution in [3.05, 3.63) is 63.4 Å². The Morgan fingerprint density at radius 3 is 2.58 bits per heavy atom. The van der Waals surface area contributed by atoms with Gasteiger partial charge in [-0.05, 0) is 60.1 Å². The van der Waals surface area contributed by atoms with Crippen LogP contribution in [0.25, 0.3) is 0 Å². The summed E-state index contributed by atoms with van der Waals surface area (Å²) >= 11 is 3.42. The van der Waals surface area contributed by atoms with E-state index in [1.807, 2.05) is 19.3 Å². The Balaban J connectivity index is 2.22. The molecule has 100 valence electrons. The smallest absolute Gasteiger partial charge is 0.0423 e. The van der Waals surface area contributed by atoms with Crippen molar-refractivity contribution < 1.29 is 0 Å². The third-order valence-corrected chi connectivity index (χ3v) is 3.82. The topological polar surface area (TPSA) is 24.9 Å². The van der Waals surface area contributed by atoms with Gasteiger partial charge in [0.2, 0.25) is 0 Å². The molecule has 0 aliphatic heterocycles. The molecule has 0 spiro atoms. The van der Waals surface area contributed by atoms with Gasteiger partial charge in [-0.25, -0.2) is 0 Å². The summed E-state index contributed by atoms with van der Waals surface area (Å²) in [4.78, 5) is 4.45. The maximum Gasteiger partial charge on any atom is 0.0423 e. The van der Waals surface area contributed by atoms with Crippen molar-refractivity contribution in [2.24, 2.45) is 0 Å². The summed E-state index contributed by atoms with van der Waals surface area (Å²) in [5.41, 5.74) is 5.08. The standard InChI is InChI=1S/C16H19BrN2/c1-11-4-7-15(12(2)8-11)16(18-3)9-14-6-5-13(17)10-19-14/h4-8,10,16,18H,9H2,1-3H3. The number of rotatable bonds is 4. The number of nitrogens with zero attached hydrogens (tertiary/aromatic N) is 1. The Labute approximate surface area is 123 Å². The number of pyridine rings is 1. The second-order valence-corrected chi connectivity index (χ2v) is 5.79. The Kier molecular flexibility index (Phi) is 4.72. The molecule has 0 saturated carbocycles. The fourth-order valence-electron chi connectivity index (χ4n) is 2.32. The molecule has 0 aliphatic carbocycles. The molecule has 1 heterocycles. The van der Waals surface area contributed by atoms with Crippen LogP contribution >= 0.6 is 15.9 Å². The number of hydrogen-bond acceptors (Lipinski definition) is 2. The van der Waals surface area contributed by atoms with Gasteiger partial charge in [-0.2, -0.15) is 0 Å². The average molecular weight is 319 g/mol. The van der Waals surface area contributed by atoms with E-state index in [0.29, 0.717) is 6.04 Å². The fraction of sp³-hybridized carbons (Fsp3) is 0.312. The van der Waals surface area contributed by atoms with E-state index >= 15 is 0 Å². The van der Waals surface area contributed by atoms with Crippen molar-refractivity contribution in [3.8, 4) is 0 Å². The third-order valence-electron chi connectivity index (χ3n) is 3.35. The number of likely N-dealkylation sites (N-methyl/N-ethyl adjacent to an activating group) is 1. The molecule has 0 amide bonds. The van der Waals surface area contributed by atoms with E-state index in [1.54, 1.807) is 0 Å². The molecule has 0 bridgehead atoms. The van der Waals surface area contributed by atoms with Crippen LogP contribution in [0.1, 0.15) is 28.4 Å². The highest BCUT2D eigenvalue weighted by atomic mass is 79.9. The van der Waals surface area contributed by atoms with Gasteiger partial charge in [-0.1, -0.05) is 23.8 Å². The number of nitrogens with one attached hydrogen (secondary N) is 1. The second-order valence-electron chi connectivity index (χ2n) is 4.87. The first-order valence-corrected chi connectivity index (χ1v) is 7.24. The molecule has 1 aromatic carbocycles. The van der Waals surface area contributed by atoms with Crippen molar-refractivity contribution in [2.45, 2.75) is 26.3 Å². The van der Waals surface area contributed by atoms with Gasteiger partial charge in [0.15, 0.2) is 0 Å². The lowest BCUT2D eigenvalue weighted by atomic mass is 9.96. The number of aromatic nitrogens is 1. The first-order valence-electron chi connectivity index (χ1n) is 6.45. The van der Waals surface area contributed by atoms with Crippen molar-refractivity contribution in [3.63, 3.8) is 0 Å². The quantitative estimate of drug-likeness (QED) is 0.922. The minimum Gasteiger partial charge on any atom is -0.313 e. The van der Waals surface area contributed by atoms with Gasteiger partial charge >= 0.3 is 0 Å². The van der Waals surface area contributed by atoms with Gasteiger partial charge < -0.3 is 5.32 Å². The molecule has 1 atom stereocenters. The third kappa shape index (κ3) is 3.64. The predicted molar refractivity (Wildman–Crippen MR) is 83.4 cm³/mol. The molecule has 19 heavy (non-hydrogen) atoms. The van der Waals surface area contributed by atoms with E-state index in [2.05, 4.69) is 64.3 Å². The maximum absolute atomic E-state index is 4.45. The first-order chi connectivity index (χ1) is 9.10. The summed E-state index contributed by atoms with van der Waals surface area (Å²) in [6.07, 6.45) is 2.75. The van der Waals surface area contributed by atoms with Crippen LogP contribution in [0, 0.1) is 13.8 Å². The lowest BCUT2D eigenvalue weighted by molar-refractivity contribution is 0.581. The van der Waals surface area contributed by atoms with Crippen LogP contribution in [0.15, 0.2) is 41.0 Å². The number of halogens is 1. The highest BCUT2D eigenvalue weighted by molar-refractivity contribution is 9.10. The maximum atomic E-state index is 4.45. The molecule has 1 N–H and O–H groups in total. The molecule has 3 heteroatoms. The summed E-state index contributed by atoms with van der Waals surface area (Å²) in [5, 5.41) is 3.39. The van der Waals surface area contributed by atoms with Crippen LogP contribution in [-0.2, 0) is 6.42 Å². The number of aryl methyl sites for hydroxylation is 2. The second kappa shape index (κ2) is 6.31. The zero-order valence-corrected chi connectivity index (χ0v) is 13.2. The monoisotopic (exact) mass is 318 g/mol. The lowest BCUT2D eigenvalue weighted by Gasteiger charge is -2.19. The van der Waals surface area contributed by atoms with Gasteiger partial charge in [0.05, 0.1) is 0 Å². The van der Waals surface area contributed by atoms with Crippen molar-refractivity contribution in [1.29, 1.82) is 0 Å². The molecule has 0 radical (unpaired) electrons. The first kappa shape index (κ1) is 14.2. The minimum atomic E-state index is 0.300. The zero-order valence-electron chi connectivity index (χ0n) is 11.6. The Morgan fingerprint density at radius 1 is 1.21 bits per heavy atom. The van der Waals surface area contributed by atoms with Crippen molar-refractivity contribution >= 4 is 15.9 Å². The summed E-state index contributed by atoms with van der Waals surface area (Å²) < 4.78 is 1.02. The van der Waals surface area contributed by atoms with Crippen molar-refractivity contribution in [2.75, 3.05) is 7.05 Å². The predicted octanol–water partition coefficient (Wildman–Crippen LogP) is 3.96. The minimum absolute atomic E-state index is 0.300. The van der Waals surface area contributed by atoms with E-state index in [1.165, 1.54) is 16.7 Å². The van der Waals surface area contributed by atoms with Gasteiger partial charge in [0.1, 0.15) is 0 Å². The Bertz CT molecular complexity index is 549. The SMILES string of the molecule is CNC(Cc1ccc(Br)cn1)c1ccc(C)cc1C. The normalized spacial score (nSPS) is 12.4. The lowest BCUT2D eigenvalue weighted by Crippen LogP contribution is -2.20. The molecule has 2 aromatic rings. The number of hydrogen-bond donors (Lipinski definition) is 1. The summed E-state index contributed by atoms with van der Waals surface area (Å²) in [6.45, 7) is 4.29. The summed E-state index contributed by atoms with van der Waals surface area (Å²) in [5.74, 6) is 0. The summed E-state index contributed by atoms with van der Waals surface area (Å²) in [6, 6.07) is 11.0. The van der Waals surface area contributed by atoms with Crippen LogP contribution in [0.2, 0.25) is 0 Å². The molecule has 1 unspecified atom stereocenters. The largest absolute Gasteiger partial charge is 0.313 e. The molecular weight excluding hydrogens is 300 g/mol. The highest BCUT2D eigenvalue weighted by Gasteiger charge is 2.13. The number of benzene rings is 1. The van der Waals surface area contributed by atoms with Gasteiger partial charge in [-0.3, -0.25) is 4.98 Å². The van der Waals surface area contributed by atoms with Gasteiger partial charge in [0, 0.05) is 28.8 Å². The molecule has 2 rings (SSSR count). The van der Waals surface area contributed by atoms with Gasteiger partial charge in [0.25, 0.3) is 0 Å². The van der Waals surface area contributed by atoms with E-state index in [-0.39, 0.29) is 0 Å². The Morgan fingerprint density at radius 2 is 2.00 bits per heavy atom. The van der Waals surface area contributed by atoms with E-state index in [0.717, 1.165) is 16.6 Å². The molecule has 1 aromatic heterocycles. The summed E-state index contributed by atoms with van der Waals surface area (Å²) in [7, 11) is 2.00. The molecule has 0 fully saturated rings. The Hall–Kier alpha value is -1.19. The van der Waals surface area contributed by atoms with Crippen LogP contribution in [-0.4, -0.2) is 12.0 Å². The van der Waals surface area contributed by atoms with E-state index in [4.69, 9.17) is 0 Å². The van der Waals surface area contributed by atoms with Crippen LogP contribution < -0.4 is 5.32 Å². The zero-order chi connectivity index (χ0) is 13.8. The average Bonchev–Trinajstić information content (AvgIpc) is 2.39. The molecule has 2 nitrogen and oxygen atoms in total. The van der Waals surface area contributed by atoms with E-state index < -0.39 is 0 Å². The molecule has 0 saturated heterocycles. The van der Waals surface area contributed by atoms with Crippen LogP contribution in [0.3, 0.4) is 0 Å². The van der Waals surface area contributed by atoms with Gasteiger partial charge in [-0.15, -0.1) is 0 Å². The van der Waals surface area contributed by atoms with Crippen molar-refractivity contribution in [1.82, 2.24) is 10.3 Å². The fourth-order valence-corrected chi connectivity index (χ4v) is 2.55. The highest BCUT2D eigenvalue weighted by Crippen LogP contribution is 2.22.